The molecule has 4 nitrogen and oxygen atoms in total. The Morgan fingerprint density at radius 3 is 1.23 bits per heavy atom. The van der Waals surface area contributed by atoms with E-state index >= 15 is 0 Å². The first-order valence-electron chi connectivity index (χ1n) is 23.8. The van der Waals surface area contributed by atoms with E-state index in [4.69, 9.17) is 15.0 Å². The van der Waals surface area contributed by atoms with Crippen molar-refractivity contribution >= 4 is 0 Å². The number of hydrogen-bond acceptors (Lipinski definition) is 4. The zero-order chi connectivity index (χ0) is 46.4. The number of hydrogen-bond donors (Lipinski definition) is 0. The van der Waals surface area contributed by atoms with Crippen LogP contribution in [0, 0.1) is 11.3 Å². The molecule has 0 radical (unpaired) electrons. The average molecular weight is 889 g/mol. The molecule has 0 N–H and O–H groups in total. The van der Waals surface area contributed by atoms with E-state index in [1.165, 1.54) is 66.8 Å². The minimum Gasteiger partial charge on any atom is -0.208 e. The molecule has 4 heteroatoms. The maximum absolute atomic E-state index is 9.70. The zero-order valence-corrected chi connectivity index (χ0v) is 37.9. The van der Waals surface area contributed by atoms with Gasteiger partial charge in [-0.05, 0) is 113 Å². The second-order valence-electron chi connectivity index (χ2n) is 18.5. The van der Waals surface area contributed by atoms with Crippen molar-refractivity contribution in [3.8, 4) is 84.7 Å². The predicted octanol–water partition coefficient (Wildman–Crippen LogP) is 15.1. The first-order chi connectivity index (χ1) is 34.7. The fourth-order valence-electron chi connectivity index (χ4n) is 12.3. The summed E-state index contributed by atoms with van der Waals surface area (Å²) in [4.78, 5) is 15.8. The molecule has 10 aromatic carbocycles. The molecule has 1 aromatic heterocycles. The van der Waals surface area contributed by atoms with Crippen LogP contribution in [0.15, 0.2) is 243 Å². The van der Waals surface area contributed by atoms with Crippen LogP contribution in [0.1, 0.15) is 50.1 Å². The lowest BCUT2D eigenvalue weighted by molar-refractivity contribution is 0.633. The van der Waals surface area contributed by atoms with Crippen LogP contribution < -0.4 is 0 Å². The van der Waals surface area contributed by atoms with Gasteiger partial charge in [-0.15, -0.1) is 0 Å². The highest BCUT2D eigenvalue weighted by molar-refractivity contribution is 5.95. The molecule has 1 heterocycles. The van der Waals surface area contributed by atoms with E-state index < -0.39 is 10.8 Å². The van der Waals surface area contributed by atoms with E-state index in [0.29, 0.717) is 23.0 Å². The molecule has 70 heavy (non-hydrogen) atoms. The quantitative estimate of drug-likeness (QED) is 0.173. The molecule has 0 aliphatic heterocycles. The predicted molar refractivity (Wildman–Crippen MR) is 280 cm³/mol. The Morgan fingerprint density at radius 2 is 0.657 bits per heavy atom. The van der Waals surface area contributed by atoms with Crippen LogP contribution in [0.3, 0.4) is 0 Å². The number of nitriles is 1. The maximum Gasteiger partial charge on any atom is 0.164 e. The van der Waals surface area contributed by atoms with Crippen LogP contribution in [-0.4, -0.2) is 15.0 Å². The topological polar surface area (TPSA) is 62.5 Å². The molecule has 0 amide bonds. The van der Waals surface area contributed by atoms with Gasteiger partial charge in [0, 0.05) is 16.7 Å². The SMILES string of the molecule is N#Cc1cccc(-c2cccc(-c3nc(-c4ccccc4)nc(-c4ccccc4-c4ccc5c(c4)C4(c6ccccc6-c6ccccc64)c4ccccc4C54c5ccccc5-c5ccccc54)n3)c2)c1. The molecule has 11 aromatic rings. The molecule has 0 atom stereocenters. The highest BCUT2D eigenvalue weighted by Gasteiger charge is 2.59. The molecular formula is C66H40N4. The van der Waals surface area contributed by atoms with Gasteiger partial charge in [-0.3, -0.25) is 0 Å². The van der Waals surface area contributed by atoms with Crippen LogP contribution in [0.2, 0.25) is 0 Å². The molecule has 3 aliphatic rings. The first-order valence-corrected chi connectivity index (χ1v) is 23.8. The lowest BCUT2D eigenvalue weighted by atomic mass is 9.52. The van der Waals surface area contributed by atoms with Gasteiger partial charge in [-0.25, -0.2) is 15.0 Å². The van der Waals surface area contributed by atoms with Crippen molar-refractivity contribution in [2.75, 3.05) is 0 Å². The van der Waals surface area contributed by atoms with Crippen molar-refractivity contribution in [3.05, 3.63) is 293 Å². The van der Waals surface area contributed by atoms with Gasteiger partial charge in [0.15, 0.2) is 17.5 Å². The normalized spacial score (nSPS) is 13.6. The van der Waals surface area contributed by atoms with Crippen molar-refractivity contribution in [2.24, 2.45) is 0 Å². The van der Waals surface area contributed by atoms with E-state index in [2.05, 4.69) is 182 Å². The van der Waals surface area contributed by atoms with Crippen LogP contribution in [0.4, 0.5) is 0 Å². The van der Waals surface area contributed by atoms with E-state index in [1.54, 1.807) is 0 Å². The van der Waals surface area contributed by atoms with E-state index in [-0.39, 0.29) is 0 Å². The minimum atomic E-state index is -0.625. The second kappa shape index (κ2) is 15.4. The van der Waals surface area contributed by atoms with E-state index in [9.17, 15) is 5.26 Å². The molecule has 0 bridgehead atoms. The highest BCUT2D eigenvalue weighted by atomic mass is 15.0. The van der Waals surface area contributed by atoms with E-state index in [1.807, 2.05) is 66.7 Å². The smallest absolute Gasteiger partial charge is 0.164 e. The van der Waals surface area contributed by atoms with Crippen molar-refractivity contribution in [1.82, 2.24) is 15.0 Å². The van der Waals surface area contributed by atoms with Crippen LogP contribution in [0.5, 0.6) is 0 Å². The summed E-state index contributed by atoms with van der Waals surface area (Å²) in [5.41, 5.74) is 21.5. The Morgan fingerprint density at radius 1 is 0.257 bits per heavy atom. The lowest BCUT2D eigenvalue weighted by Gasteiger charge is -2.49. The fraction of sp³-hybridized carbons (Fsp3) is 0.0303. The minimum absolute atomic E-state index is 0.567. The van der Waals surface area contributed by atoms with Crippen molar-refractivity contribution < 1.29 is 0 Å². The Kier molecular flexibility index (Phi) is 8.74. The van der Waals surface area contributed by atoms with Gasteiger partial charge in [-0.1, -0.05) is 218 Å². The molecule has 324 valence electrons. The van der Waals surface area contributed by atoms with Gasteiger partial charge in [0.25, 0.3) is 0 Å². The summed E-state index contributed by atoms with van der Waals surface area (Å²) in [7, 11) is 0. The third-order valence-corrected chi connectivity index (χ3v) is 15.1. The summed E-state index contributed by atoms with van der Waals surface area (Å²) in [6.07, 6.45) is 0. The van der Waals surface area contributed by atoms with E-state index in [0.717, 1.165) is 38.9 Å². The van der Waals surface area contributed by atoms with Crippen molar-refractivity contribution in [2.45, 2.75) is 10.8 Å². The van der Waals surface area contributed by atoms with Crippen LogP contribution in [0.25, 0.3) is 78.7 Å². The maximum atomic E-state index is 9.70. The average Bonchev–Trinajstić information content (AvgIpc) is 3.91. The largest absolute Gasteiger partial charge is 0.208 e. The molecule has 0 fully saturated rings. The number of aromatic nitrogens is 3. The second-order valence-corrected chi connectivity index (χ2v) is 18.5. The molecule has 0 saturated heterocycles. The van der Waals surface area contributed by atoms with Crippen LogP contribution >= 0.6 is 0 Å². The summed E-state index contributed by atoms with van der Waals surface area (Å²) >= 11 is 0. The van der Waals surface area contributed by atoms with Crippen molar-refractivity contribution in [3.63, 3.8) is 0 Å². The number of nitrogens with zero attached hydrogens (tertiary/aromatic N) is 4. The third-order valence-electron chi connectivity index (χ3n) is 15.1. The fourth-order valence-corrected chi connectivity index (χ4v) is 12.3. The summed E-state index contributed by atoms with van der Waals surface area (Å²) in [5, 5.41) is 9.70. The Hall–Kier alpha value is -9.30. The Balaban J connectivity index is 1.03. The Labute approximate surface area is 406 Å². The lowest BCUT2D eigenvalue weighted by Crippen LogP contribution is -2.43. The zero-order valence-electron chi connectivity index (χ0n) is 37.9. The number of fused-ring (bicyclic) bond motifs is 16. The standard InChI is InChI=1S/C66H40N4/c67-41-42-18-16-21-44(38-42)45-22-17-23-47(39-45)63-68-62(43-19-2-1-3-20-43)69-64(70-63)53-29-5-4-24-48(53)46-36-37-60-61(40-46)66(56-32-12-8-27-51(56)52-28-9-13-33-57(52)66)59-35-15-14-34-58(59)65(60)54-30-10-6-25-49(54)50-26-7-11-31-55(50)65/h1-40H. The molecule has 3 aliphatic carbocycles. The molecule has 0 unspecified atom stereocenters. The summed E-state index contributed by atoms with van der Waals surface area (Å²) < 4.78 is 0. The van der Waals surface area contributed by atoms with Gasteiger partial charge in [0.1, 0.15) is 0 Å². The monoisotopic (exact) mass is 888 g/mol. The summed E-state index contributed by atoms with van der Waals surface area (Å²) in [5.74, 6) is 1.74. The molecular weight excluding hydrogens is 849 g/mol. The van der Waals surface area contributed by atoms with Crippen molar-refractivity contribution in [1.29, 1.82) is 5.26 Å². The summed E-state index contributed by atoms with van der Waals surface area (Å²) in [6.45, 7) is 0. The van der Waals surface area contributed by atoms with Crippen LogP contribution in [-0.2, 0) is 10.8 Å². The van der Waals surface area contributed by atoms with Gasteiger partial charge in [-0.2, -0.15) is 5.26 Å². The summed E-state index contributed by atoms with van der Waals surface area (Å²) in [6, 6.07) is 89.6. The van der Waals surface area contributed by atoms with Gasteiger partial charge in [0.2, 0.25) is 0 Å². The highest BCUT2D eigenvalue weighted by Crippen LogP contribution is 2.67. The molecule has 2 spiro atoms. The molecule has 0 saturated carbocycles. The number of rotatable bonds is 5. The molecule has 14 rings (SSSR count). The van der Waals surface area contributed by atoms with Gasteiger partial charge < -0.3 is 0 Å². The third kappa shape index (κ3) is 5.55. The van der Waals surface area contributed by atoms with Gasteiger partial charge >= 0.3 is 0 Å². The van der Waals surface area contributed by atoms with Gasteiger partial charge in [0.05, 0.1) is 22.5 Å². The number of benzene rings is 10. The Bertz CT molecular complexity index is 3900. The first kappa shape index (κ1) is 39.8.